The van der Waals surface area contributed by atoms with Gasteiger partial charge in [-0.3, -0.25) is 4.79 Å². The van der Waals surface area contributed by atoms with Crippen LogP contribution in [0.25, 0.3) is 6.08 Å². The van der Waals surface area contributed by atoms with Crippen molar-refractivity contribution in [1.29, 1.82) is 0 Å². The van der Waals surface area contributed by atoms with Crippen molar-refractivity contribution in [3.63, 3.8) is 0 Å². The van der Waals surface area contributed by atoms with Crippen LogP contribution in [0.4, 0.5) is 5.69 Å². The summed E-state index contributed by atoms with van der Waals surface area (Å²) < 4.78 is 11.3. The normalized spacial score (nSPS) is 10.8. The van der Waals surface area contributed by atoms with E-state index in [0.717, 1.165) is 22.4 Å². The highest BCUT2D eigenvalue weighted by molar-refractivity contribution is 6.30. The standard InChI is InChI=1S/C25H24ClNO3/c1-17-4-11-22(14-18(17)2)27-25(28)13-8-19-7-12-23(24(15-19)29-3)30-16-20-5-9-21(26)10-6-20/h4-15H,16H2,1-3H3,(H,27,28). The van der Waals surface area contributed by atoms with Gasteiger partial charge in [-0.25, -0.2) is 0 Å². The zero-order valence-electron chi connectivity index (χ0n) is 17.2. The van der Waals surface area contributed by atoms with Gasteiger partial charge in [0.25, 0.3) is 0 Å². The van der Waals surface area contributed by atoms with Gasteiger partial charge in [0.2, 0.25) is 5.91 Å². The number of amides is 1. The first-order valence-corrected chi connectivity index (χ1v) is 9.94. The lowest BCUT2D eigenvalue weighted by Crippen LogP contribution is -2.07. The molecule has 0 atom stereocenters. The first-order valence-electron chi connectivity index (χ1n) is 9.56. The topological polar surface area (TPSA) is 47.6 Å². The summed E-state index contributed by atoms with van der Waals surface area (Å²) >= 11 is 5.91. The Balaban J connectivity index is 1.63. The number of nitrogens with one attached hydrogen (secondary N) is 1. The summed E-state index contributed by atoms with van der Waals surface area (Å²) in [6.45, 7) is 4.46. The predicted octanol–water partition coefficient (Wildman–Crippen LogP) is 6.20. The van der Waals surface area contributed by atoms with E-state index in [1.54, 1.807) is 13.2 Å². The maximum absolute atomic E-state index is 12.2. The van der Waals surface area contributed by atoms with Gasteiger partial charge in [-0.15, -0.1) is 0 Å². The van der Waals surface area contributed by atoms with E-state index in [1.165, 1.54) is 11.6 Å². The third kappa shape index (κ3) is 5.88. The van der Waals surface area contributed by atoms with Gasteiger partial charge >= 0.3 is 0 Å². The van der Waals surface area contributed by atoms with Crippen LogP contribution >= 0.6 is 11.6 Å². The molecule has 1 N–H and O–H groups in total. The van der Waals surface area contributed by atoms with Gasteiger partial charge in [0.1, 0.15) is 6.61 Å². The molecule has 5 heteroatoms. The molecule has 0 unspecified atom stereocenters. The van der Waals surface area contributed by atoms with Crippen LogP contribution in [0.1, 0.15) is 22.3 Å². The van der Waals surface area contributed by atoms with E-state index in [0.29, 0.717) is 23.1 Å². The maximum Gasteiger partial charge on any atom is 0.248 e. The van der Waals surface area contributed by atoms with Crippen molar-refractivity contribution >= 4 is 29.3 Å². The molecule has 3 rings (SSSR count). The van der Waals surface area contributed by atoms with Gasteiger partial charge in [-0.05, 0) is 78.6 Å². The van der Waals surface area contributed by atoms with Crippen molar-refractivity contribution in [2.24, 2.45) is 0 Å². The second kappa shape index (κ2) is 9.99. The molecule has 0 aliphatic heterocycles. The molecule has 3 aromatic carbocycles. The lowest BCUT2D eigenvalue weighted by Gasteiger charge is -2.11. The van der Waals surface area contributed by atoms with E-state index in [2.05, 4.69) is 5.32 Å². The second-order valence-corrected chi connectivity index (χ2v) is 7.38. The molecule has 0 spiro atoms. The number of hydrogen-bond donors (Lipinski definition) is 1. The molecular formula is C25H24ClNO3. The summed E-state index contributed by atoms with van der Waals surface area (Å²) in [6.07, 6.45) is 3.24. The Morgan fingerprint density at radius 1 is 0.967 bits per heavy atom. The number of halogens is 1. The van der Waals surface area contributed by atoms with E-state index < -0.39 is 0 Å². The number of carbonyl (C=O) groups excluding carboxylic acids is 1. The molecule has 0 aliphatic carbocycles. The van der Waals surface area contributed by atoms with Gasteiger partial charge < -0.3 is 14.8 Å². The fourth-order valence-corrected chi connectivity index (χ4v) is 2.95. The average molecular weight is 422 g/mol. The van der Waals surface area contributed by atoms with Crippen LogP contribution in [-0.4, -0.2) is 13.0 Å². The predicted molar refractivity (Wildman–Crippen MR) is 122 cm³/mol. The smallest absolute Gasteiger partial charge is 0.248 e. The van der Waals surface area contributed by atoms with Crippen molar-refractivity contribution in [1.82, 2.24) is 0 Å². The molecule has 3 aromatic rings. The lowest BCUT2D eigenvalue weighted by molar-refractivity contribution is -0.111. The molecule has 0 aliphatic rings. The Labute approximate surface area is 182 Å². The Morgan fingerprint density at radius 2 is 1.73 bits per heavy atom. The summed E-state index contributed by atoms with van der Waals surface area (Å²) in [7, 11) is 1.59. The molecule has 0 heterocycles. The second-order valence-electron chi connectivity index (χ2n) is 6.95. The highest BCUT2D eigenvalue weighted by Crippen LogP contribution is 2.29. The minimum atomic E-state index is -0.194. The molecule has 0 aromatic heterocycles. The van der Waals surface area contributed by atoms with Crippen LogP contribution in [-0.2, 0) is 11.4 Å². The first kappa shape index (κ1) is 21.5. The third-order valence-electron chi connectivity index (χ3n) is 4.70. The highest BCUT2D eigenvalue weighted by Gasteiger charge is 2.06. The van der Waals surface area contributed by atoms with E-state index in [9.17, 15) is 4.79 Å². The molecule has 30 heavy (non-hydrogen) atoms. The Morgan fingerprint density at radius 3 is 2.43 bits per heavy atom. The molecule has 0 bridgehead atoms. The minimum Gasteiger partial charge on any atom is -0.493 e. The SMILES string of the molecule is COc1cc(C=CC(=O)Nc2ccc(C)c(C)c2)ccc1OCc1ccc(Cl)cc1. The molecule has 4 nitrogen and oxygen atoms in total. The number of benzene rings is 3. The number of methoxy groups -OCH3 is 1. The number of rotatable bonds is 7. The molecule has 0 fully saturated rings. The summed E-state index contributed by atoms with van der Waals surface area (Å²) in [4.78, 5) is 12.2. The Hall–Kier alpha value is -3.24. The Bertz CT molecular complexity index is 1060. The Kier molecular flexibility index (Phi) is 7.15. The zero-order valence-corrected chi connectivity index (χ0v) is 18.0. The van der Waals surface area contributed by atoms with E-state index in [1.807, 2.05) is 74.5 Å². The van der Waals surface area contributed by atoms with E-state index in [4.69, 9.17) is 21.1 Å². The van der Waals surface area contributed by atoms with Crippen LogP contribution in [0.2, 0.25) is 5.02 Å². The summed E-state index contributed by atoms with van der Waals surface area (Å²) in [5, 5.41) is 3.56. The number of ether oxygens (including phenoxy) is 2. The lowest BCUT2D eigenvalue weighted by atomic mass is 10.1. The summed E-state index contributed by atoms with van der Waals surface area (Å²) in [5.41, 5.74) is 4.94. The van der Waals surface area contributed by atoms with E-state index in [-0.39, 0.29) is 5.91 Å². The fraction of sp³-hybridized carbons (Fsp3) is 0.160. The zero-order chi connectivity index (χ0) is 21.5. The molecular weight excluding hydrogens is 398 g/mol. The minimum absolute atomic E-state index is 0.194. The van der Waals surface area contributed by atoms with Gasteiger partial charge in [-0.1, -0.05) is 35.9 Å². The molecule has 154 valence electrons. The van der Waals surface area contributed by atoms with Gasteiger partial charge in [0.15, 0.2) is 11.5 Å². The van der Waals surface area contributed by atoms with Crippen LogP contribution in [0, 0.1) is 13.8 Å². The van der Waals surface area contributed by atoms with Crippen LogP contribution in [0.15, 0.2) is 66.7 Å². The van der Waals surface area contributed by atoms with Crippen molar-refractivity contribution < 1.29 is 14.3 Å². The number of carbonyl (C=O) groups is 1. The molecule has 0 saturated heterocycles. The largest absolute Gasteiger partial charge is 0.493 e. The van der Waals surface area contributed by atoms with Crippen LogP contribution < -0.4 is 14.8 Å². The van der Waals surface area contributed by atoms with Crippen molar-refractivity contribution in [3.05, 3.63) is 94.0 Å². The van der Waals surface area contributed by atoms with Gasteiger partial charge in [-0.2, -0.15) is 0 Å². The van der Waals surface area contributed by atoms with Crippen molar-refractivity contribution in [2.75, 3.05) is 12.4 Å². The quantitative estimate of drug-likeness (QED) is 0.462. The van der Waals surface area contributed by atoms with Crippen LogP contribution in [0.3, 0.4) is 0 Å². The number of anilines is 1. The third-order valence-corrected chi connectivity index (χ3v) is 4.95. The molecule has 0 saturated carbocycles. The monoisotopic (exact) mass is 421 g/mol. The molecule has 1 amide bonds. The molecule has 0 radical (unpaired) electrons. The average Bonchev–Trinajstić information content (AvgIpc) is 2.74. The summed E-state index contributed by atoms with van der Waals surface area (Å²) in [6, 6.07) is 18.9. The van der Waals surface area contributed by atoms with Gasteiger partial charge in [0, 0.05) is 16.8 Å². The maximum atomic E-state index is 12.2. The van der Waals surface area contributed by atoms with Crippen molar-refractivity contribution in [2.45, 2.75) is 20.5 Å². The first-order chi connectivity index (χ1) is 14.4. The van der Waals surface area contributed by atoms with Crippen molar-refractivity contribution in [3.8, 4) is 11.5 Å². The highest BCUT2D eigenvalue weighted by atomic mass is 35.5. The van der Waals surface area contributed by atoms with E-state index >= 15 is 0 Å². The summed E-state index contributed by atoms with van der Waals surface area (Å²) in [5.74, 6) is 1.03. The number of aryl methyl sites for hydroxylation is 2. The van der Waals surface area contributed by atoms with Gasteiger partial charge in [0.05, 0.1) is 7.11 Å². The number of hydrogen-bond acceptors (Lipinski definition) is 3. The van der Waals surface area contributed by atoms with Crippen LogP contribution in [0.5, 0.6) is 11.5 Å². The fourth-order valence-electron chi connectivity index (χ4n) is 2.82.